The number of aryl methyl sites for hydroxylation is 2. The van der Waals surface area contributed by atoms with Crippen molar-refractivity contribution in [2.24, 2.45) is 0 Å². The van der Waals surface area contributed by atoms with Crippen LogP contribution in [0.4, 0.5) is 0 Å². The number of rotatable bonds is 8. The quantitative estimate of drug-likeness (QED) is 0.738. The Kier molecular flexibility index (Phi) is 5.62. The third-order valence-electron chi connectivity index (χ3n) is 3.43. The Hall–Kier alpha value is -2.06. The summed E-state index contributed by atoms with van der Waals surface area (Å²) in [5, 5.41) is 4.16. The highest BCUT2D eigenvalue weighted by Crippen LogP contribution is 2.29. The molecule has 8 heteroatoms. The summed E-state index contributed by atoms with van der Waals surface area (Å²) in [5.74, 6) is 0.864. The van der Waals surface area contributed by atoms with Crippen LogP contribution in [0.3, 0.4) is 0 Å². The maximum atomic E-state index is 12.3. The molecule has 0 spiro atoms. The van der Waals surface area contributed by atoms with Crippen molar-refractivity contribution in [3.8, 4) is 11.5 Å². The summed E-state index contributed by atoms with van der Waals surface area (Å²) in [7, 11) is -0.616. The molecule has 1 aromatic heterocycles. The molecule has 1 N–H and O–H groups in total. The lowest BCUT2D eigenvalue weighted by molar-refractivity contribution is 0.354. The van der Waals surface area contributed by atoms with E-state index in [9.17, 15) is 8.42 Å². The first-order valence-electron chi connectivity index (χ1n) is 7.18. The van der Waals surface area contributed by atoms with Crippen LogP contribution in [0.5, 0.6) is 11.5 Å². The summed E-state index contributed by atoms with van der Waals surface area (Å²) in [6.07, 6.45) is 2.37. The van der Waals surface area contributed by atoms with Gasteiger partial charge in [-0.3, -0.25) is 4.68 Å². The Labute approximate surface area is 136 Å². The summed E-state index contributed by atoms with van der Waals surface area (Å²) in [4.78, 5) is 0.144. The smallest absolute Gasteiger partial charge is 0.240 e. The highest BCUT2D eigenvalue weighted by Gasteiger charge is 2.16. The minimum absolute atomic E-state index is 0.144. The van der Waals surface area contributed by atoms with Gasteiger partial charge < -0.3 is 9.47 Å². The third kappa shape index (κ3) is 4.23. The number of methoxy groups -OCH3 is 2. The fraction of sp³-hybridized carbons (Fsp3) is 0.400. The molecular formula is C15H21N3O4S. The molecule has 23 heavy (non-hydrogen) atoms. The monoisotopic (exact) mass is 339 g/mol. The van der Waals surface area contributed by atoms with Crippen molar-refractivity contribution in [1.29, 1.82) is 0 Å². The lowest BCUT2D eigenvalue weighted by Gasteiger charge is -2.11. The van der Waals surface area contributed by atoms with Crippen LogP contribution in [0.25, 0.3) is 0 Å². The molecule has 0 atom stereocenters. The van der Waals surface area contributed by atoms with E-state index < -0.39 is 10.0 Å². The minimum atomic E-state index is -3.58. The molecule has 1 heterocycles. The molecule has 0 aliphatic heterocycles. The van der Waals surface area contributed by atoms with Crippen LogP contribution < -0.4 is 14.2 Å². The zero-order chi connectivity index (χ0) is 16.9. The van der Waals surface area contributed by atoms with Crippen molar-refractivity contribution in [2.45, 2.75) is 24.8 Å². The topological polar surface area (TPSA) is 82.5 Å². The van der Waals surface area contributed by atoms with E-state index in [0.717, 1.165) is 5.69 Å². The van der Waals surface area contributed by atoms with Gasteiger partial charge in [-0.25, -0.2) is 13.1 Å². The molecule has 0 aliphatic carbocycles. The van der Waals surface area contributed by atoms with Crippen LogP contribution in [0, 0.1) is 6.92 Å². The predicted molar refractivity (Wildman–Crippen MR) is 86.3 cm³/mol. The van der Waals surface area contributed by atoms with E-state index in [-0.39, 0.29) is 4.90 Å². The van der Waals surface area contributed by atoms with Crippen LogP contribution >= 0.6 is 0 Å². The molecule has 2 aromatic rings. The second kappa shape index (κ2) is 7.47. The van der Waals surface area contributed by atoms with Crippen molar-refractivity contribution in [2.75, 3.05) is 20.8 Å². The van der Waals surface area contributed by atoms with E-state index in [1.165, 1.54) is 26.4 Å². The molecular weight excluding hydrogens is 318 g/mol. The van der Waals surface area contributed by atoms with Crippen LogP contribution in [0.15, 0.2) is 35.4 Å². The fourth-order valence-electron chi connectivity index (χ4n) is 2.14. The molecule has 126 valence electrons. The summed E-state index contributed by atoms with van der Waals surface area (Å²) >= 11 is 0. The van der Waals surface area contributed by atoms with E-state index in [4.69, 9.17) is 9.47 Å². The highest BCUT2D eigenvalue weighted by atomic mass is 32.2. The molecule has 0 bridgehead atoms. The minimum Gasteiger partial charge on any atom is -0.493 e. The number of nitrogens with one attached hydrogen (secondary N) is 1. The van der Waals surface area contributed by atoms with Gasteiger partial charge in [0, 0.05) is 31.0 Å². The van der Waals surface area contributed by atoms with Gasteiger partial charge in [-0.1, -0.05) is 0 Å². The largest absolute Gasteiger partial charge is 0.493 e. The number of benzene rings is 1. The number of nitrogens with zero attached hydrogens (tertiary/aromatic N) is 2. The molecule has 0 aliphatic rings. The van der Waals surface area contributed by atoms with E-state index in [2.05, 4.69) is 9.82 Å². The van der Waals surface area contributed by atoms with Crippen molar-refractivity contribution in [3.05, 3.63) is 36.2 Å². The highest BCUT2D eigenvalue weighted by molar-refractivity contribution is 7.89. The van der Waals surface area contributed by atoms with Crippen LogP contribution in [-0.4, -0.2) is 39.0 Å². The Bertz CT molecular complexity index is 756. The molecule has 2 rings (SSSR count). The summed E-state index contributed by atoms with van der Waals surface area (Å²) in [5.41, 5.74) is 1.05. The number of hydrogen-bond donors (Lipinski definition) is 1. The molecule has 0 saturated carbocycles. The Balaban J connectivity index is 1.97. The van der Waals surface area contributed by atoms with Crippen molar-refractivity contribution >= 4 is 10.0 Å². The van der Waals surface area contributed by atoms with Crippen LogP contribution in [0.1, 0.15) is 12.1 Å². The molecule has 1 aromatic carbocycles. The molecule has 0 unspecified atom stereocenters. The van der Waals surface area contributed by atoms with E-state index in [1.807, 2.05) is 17.7 Å². The van der Waals surface area contributed by atoms with E-state index in [1.54, 1.807) is 12.3 Å². The standard InChI is InChI=1S/C15H21N3O4S/c1-12-7-9-16-18(12)10-4-8-17-23(19,20)13-5-6-14(21-2)15(11-13)22-3/h5-7,9,11,17H,4,8,10H2,1-3H3. The average Bonchev–Trinajstić information content (AvgIpc) is 2.96. The van der Waals surface area contributed by atoms with Gasteiger partial charge in [-0.2, -0.15) is 5.10 Å². The molecule has 0 radical (unpaired) electrons. The molecule has 0 fully saturated rings. The first kappa shape index (κ1) is 17.3. The number of ether oxygens (including phenoxy) is 2. The van der Waals surface area contributed by atoms with E-state index in [0.29, 0.717) is 31.0 Å². The second-order valence-electron chi connectivity index (χ2n) is 4.96. The lowest BCUT2D eigenvalue weighted by Crippen LogP contribution is -2.25. The summed E-state index contributed by atoms with van der Waals surface area (Å²) in [6.45, 7) is 2.95. The average molecular weight is 339 g/mol. The summed E-state index contributed by atoms with van der Waals surface area (Å²) in [6, 6.07) is 6.41. The van der Waals surface area contributed by atoms with Gasteiger partial charge >= 0.3 is 0 Å². The van der Waals surface area contributed by atoms with Gasteiger partial charge in [0.25, 0.3) is 0 Å². The molecule has 7 nitrogen and oxygen atoms in total. The van der Waals surface area contributed by atoms with Gasteiger partial charge in [0.15, 0.2) is 11.5 Å². The predicted octanol–water partition coefficient (Wildman–Crippen LogP) is 1.58. The van der Waals surface area contributed by atoms with Gasteiger partial charge in [0.2, 0.25) is 10.0 Å². The van der Waals surface area contributed by atoms with Gasteiger partial charge in [0.05, 0.1) is 19.1 Å². The van der Waals surface area contributed by atoms with Gasteiger partial charge in [0.1, 0.15) is 0 Å². The number of sulfonamides is 1. The fourth-order valence-corrected chi connectivity index (χ4v) is 3.22. The van der Waals surface area contributed by atoms with Crippen LogP contribution in [0.2, 0.25) is 0 Å². The van der Waals surface area contributed by atoms with Gasteiger partial charge in [-0.05, 0) is 31.5 Å². The van der Waals surface area contributed by atoms with E-state index >= 15 is 0 Å². The summed E-state index contributed by atoms with van der Waals surface area (Å²) < 4.78 is 39.3. The molecule has 0 saturated heterocycles. The second-order valence-corrected chi connectivity index (χ2v) is 6.73. The number of hydrogen-bond acceptors (Lipinski definition) is 5. The maximum Gasteiger partial charge on any atom is 0.240 e. The Morgan fingerprint density at radius 1 is 1.17 bits per heavy atom. The first-order chi connectivity index (χ1) is 11.0. The third-order valence-corrected chi connectivity index (χ3v) is 4.89. The maximum absolute atomic E-state index is 12.3. The first-order valence-corrected chi connectivity index (χ1v) is 8.66. The zero-order valence-corrected chi connectivity index (χ0v) is 14.3. The molecule has 0 amide bonds. The van der Waals surface area contributed by atoms with Crippen molar-refractivity contribution < 1.29 is 17.9 Å². The lowest BCUT2D eigenvalue weighted by atomic mass is 10.3. The van der Waals surface area contributed by atoms with Crippen molar-refractivity contribution in [3.63, 3.8) is 0 Å². The Morgan fingerprint density at radius 3 is 2.52 bits per heavy atom. The zero-order valence-electron chi connectivity index (χ0n) is 13.4. The van der Waals surface area contributed by atoms with Gasteiger partial charge in [-0.15, -0.1) is 0 Å². The number of aromatic nitrogens is 2. The van der Waals surface area contributed by atoms with Crippen molar-refractivity contribution in [1.82, 2.24) is 14.5 Å². The Morgan fingerprint density at radius 2 is 1.91 bits per heavy atom. The SMILES string of the molecule is COc1ccc(S(=O)(=O)NCCCn2nccc2C)cc1OC. The van der Waals surface area contributed by atoms with Crippen LogP contribution in [-0.2, 0) is 16.6 Å². The normalized spacial score (nSPS) is 11.4.